The van der Waals surface area contributed by atoms with Gasteiger partial charge in [-0.1, -0.05) is 6.07 Å². The van der Waals surface area contributed by atoms with E-state index in [1.165, 1.54) is 0 Å². The van der Waals surface area contributed by atoms with Crippen molar-refractivity contribution >= 4 is 17.6 Å². The van der Waals surface area contributed by atoms with E-state index in [4.69, 9.17) is 0 Å². The highest BCUT2D eigenvalue weighted by atomic mass is 16.4. The van der Waals surface area contributed by atoms with Crippen molar-refractivity contribution in [3.05, 3.63) is 56.4 Å². The Bertz CT molecular complexity index is 1030. The summed E-state index contributed by atoms with van der Waals surface area (Å²) in [5.41, 5.74) is -0.944. The molecule has 0 radical (unpaired) electrons. The summed E-state index contributed by atoms with van der Waals surface area (Å²) in [6.07, 6.45) is 1.02. The lowest BCUT2D eigenvalue weighted by Crippen LogP contribution is -2.41. The van der Waals surface area contributed by atoms with Gasteiger partial charge in [0.2, 0.25) is 5.91 Å². The Balaban J connectivity index is 2.26. The predicted molar refractivity (Wildman–Crippen MR) is 90.6 cm³/mol. The van der Waals surface area contributed by atoms with Crippen molar-refractivity contribution in [2.24, 2.45) is 0 Å². The molecule has 3 rings (SSSR count). The standard InChI is InChI=1S/C17H17N3O5/c1-4-19-13(21)10(14(22)23)8-20(16(19)25)9-5-6-11-12(7-9)18-15(24)17(11,2)3/h5-8H,4H2,1-3H3,(H,18,24)(H,22,23). The maximum atomic E-state index is 12.5. The first kappa shape index (κ1) is 16.7. The van der Waals surface area contributed by atoms with E-state index in [1.807, 2.05) is 0 Å². The Labute approximate surface area is 142 Å². The van der Waals surface area contributed by atoms with Crippen LogP contribution in [0.2, 0.25) is 0 Å². The highest BCUT2D eigenvalue weighted by Gasteiger charge is 2.38. The fraction of sp³-hybridized carbons (Fsp3) is 0.294. The van der Waals surface area contributed by atoms with Gasteiger partial charge in [0.15, 0.2) is 0 Å². The summed E-state index contributed by atoms with van der Waals surface area (Å²) < 4.78 is 1.96. The second-order valence-corrected chi connectivity index (χ2v) is 6.36. The number of amides is 1. The van der Waals surface area contributed by atoms with Crippen molar-refractivity contribution in [3.63, 3.8) is 0 Å². The van der Waals surface area contributed by atoms with Crippen LogP contribution in [0, 0.1) is 0 Å². The molecule has 25 heavy (non-hydrogen) atoms. The lowest BCUT2D eigenvalue weighted by molar-refractivity contribution is -0.119. The summed E-state index contributed by atoms with van der Waals surface area (Å²) in [6, 6.07) is 4.94. The van der Waals surface area contributed by atoms with Gasteiger partial charge < -0.3 is 10.4 Å². The minimum absolute atomic E-state index is 0.0491. The molecule has 2 aromatic rings. The highest BCUT2D eigenvalue weighted by Crippen LogP contribution is 2.38. The molecule has 0 saturated heterocycles. The number of carboxylic acids is 1. The zero-order chi connectivity index (χ0) is 18.5. The molecule has 2 N–H and O–H groups in total. The van der Waals surface area contributed by atoms with Crippen LogP contribution in [0.4, 0.5) is 5.69 Å². The number of carboxylic acid groups (broad SMARTS) is 1. The van der Waals surface area contributed by atoms with E-state index < -0.39 is 28.2 Å². The average molecular weight is 343 g/mol. The molecule has 1 aliphatic rings. The van der Waals surface area contributed by atoms with E-state index in [9.17, 15) is 24.3 Å². The third kappa shape index (κ3) is 2.37. The van der Waals surface area contributed by atoms with Gasteiger partial charge in [-0.25, -0.2) is 9.59 Å². The first-order chi connectivity index (χ1) is 11.7. The minimum Gasteiger partial charge on any atom is -0.477 e. The van der Waals surface area contributed by atoms with Crippen molar-refractivity contribution in [2.75, 3.05) is 5.32 Å². The van der Waals surface area contributed by atoms with E-state index in [0.29, 0.717) is 11.4 Å². The number of hydrogen-bond acceptors (Lipinski definition) is 4. The van der Waals surface area contributed by atoms with Crippen molar-refractivity contribution in [1.29, 1.82) is 0 Å². The summed E-state index contributed by atoms with van der Waals surface area (Å²) in [7, 11) is 0. The van der Waals surface area contributed by atoms with E-state index in [-0.39, 0.29) is 12.5 Å². The van der Waals surface area contributed by atoms with Crippen molar-refractivity contribution in [2.45, 2.75) is 32.7 Å². The lowest BCUT2D eigenvalue weighted by Gasteiger charge is -2.15. The van der Waals surface area contributed by atoms with Gasteiger partial charge in [-0.05, 0) is 38.5 Å². The predicted octanol–water partition coefficient (Wildman–Crippen LogP) is 0.947. The number of nitrogens with zero attached hydrogens (tertiary/aromatic N) is 2. The Hall–Kier alpha value is -3.16. The Morgan fingerprint density at radius 2 is 1.92 bits per heavy atom. The molecule has 0 atom stereocenters. The third-order valence-corrected chi connectivity index (χ3v) is 4.49. The molecule has 1 aromatic carbocycles. The van der Waals surface area contributed by atoms with Crippen molar-refractivity contribution in [1.82, 2.24) is 9.13 Å². The summed E-state index contributed by atoms with van der Waals surface area (Å²) in [5.74, 6) is -1.56. The van der Waals surface area contributed by atoms with Gasteiger partial charge in [0.05, 0.1) is 11.1 Å². The molecule has 2 heterocycles. The molecule has 0 aliphatic carbocycles. The minimum atomic E-state index is -1.41. The highest BCUT2D eigenvalue weighted by molar-refractivity contribution is 6.05. The van der Waals surface area contributed by atoms with Crippen LogP contribution in [0.25, 0.3) is 5.69 Å². The summed E-state index contributed by atoms with van der Waals surface area (Å²) in [6.45, 7) is 5.22. The van der Waals surface area contributed by atoms with Gasteiger partial charge in [-0.2, -0.15) is 0 Å². The monoisotopic (exact) mass is 343 g/mol. The Morgan fingerprint density at radius 1 is 1.24 bits per heavy atom. The number of carbonyl (C=O) groups is 2. The number of aromatic nitrogens is 2. The van der Waals surface area contributed by atoms with Gasteiger partial charge in [0.25, 0.3) is 5.56 Å². The molecule has 0 bridgehead atoms. The molecule has 8 nitrogen and oxygen atoms in total. The second-order valence-electron chi connectivity index (χ2n) is 6.36. The van der Waals surface area contributed by atoms with Crippen LogP contribution in [0.15, 0.2) is 34.0 Å². The topological polar surface area (TPSA) is 110 Å². The molecule has 1 aliphatic heterocycles. The lowest BCUT2D eigenvalue weighted by atomic mass is 9.86. The van der Waals surface area contributed by atoms with Gasteiger partial charge in [0.1, 0.15) is 5.56 Å². The number of rotatable bonds is 3. The van der Waals surface area contributed by atoms with Crippen molar-refractivity contribution in [3.8, 4) is 5.69 Å². The number of nitrogens with one attached hydrogen (secondary N) is 1. The van der Waals surface area contributed by atoms with Crippen LogP contribution in [0.3, 0.4) is 0 Å². The zero-order valence-corrected chi connectivity index (χ0v) is 14.0. The summed E-state index contributed by atoms with van der Waals surface area (Å²) in [4.78, 5) is 48.0. The van der Waals surface area contributed by atoms with Gasteiger partial charge in [-0.3, -0.25) is 18.7 Å². The summed E-state index contributed by atoms with van der Waals surface area (Å²) >= 11 is 0. The maximum Gasteiger partial charge on any atom is 0.342 e. The number of aromatic carboxylic acids is 1. The molecule has 0 saturated carbocycles. The second kappa shape index (κ2) is 5.44. The number of hydrogen-bond donors (Lipinski definition) is 2. The molecule has 1 amide bonds. The molecular weight excluding hydrogens is 326 g/mol. The summed E-state index contributed by atoms with van der Waals surface area (Å²) in [5, 5.41) is 12.0. The van der Waals surface area contributed by atoms with Crippen LogP contribution in [0.5, 0.6) is 0 Å². The number of anilines is 1. The van der Waals surface area contributed by atoms with Crippen molar-refractivity contribution < 1.29 is 14.7 Å². The van der Waals surface area contributed by atoms with E-state index in [0.717, 1.165) is 20.9 Å². The molecule has 1 aromatic heterocycles. The number of benzene rings is 1. The van der Waals surface area contributed by atoms with Crippen LogP contribution < -0.4 is 16.6 Å². The fourth-order valence-electron chi connectivity index (χ4n) is 2.94. The quantitative estimate of drug-likeness (QED) is 0.862. The SMILES string of the molecule is CCn1c(=O)c(C(=O)O)cn(-c2ccc3c(c2)NC(=O)C3(C)C)c1=O. The van der Waals surface area contributed by atoms with Crippen LogP contribution in [0.1, 0.15) is 36.7 Å². The van der Waals surface area contributed by atoms with E-state index >= 15 is 0 Å². The number of carbonyl (C=O) groups excluding carboxylic acids is 1. The maximum absolute atomic E-state index is 12.5. The first-order valence-corrected chi connectivity index (χ1v) is 7.74. The molecule has 8 heteroatoms. The van der Waals surface area contributed by atoms with Gasteiger partial charge >= 0.3 is 11.7 Å². The third-order valence-electron chi connectivity index (χ3n) is 4.49. The molecule has 0 unspecified atom stereocenters. The largest absolute Gasteiger partial charge is 0.477 e. The van der Waals surface area contributed by atoms with E-state index in [2.05, 4.69) is 5.32 Å². The Kier molecular flexibility index (Phi) is 3.63. The van der Waals surface area contributed by atoms with Crippen LogP contribution >= 0.6 is 0 Å². The average Bonchev–Trinajstić information content (AvgIpc) is 2.76. The molecule has 0 spiro atoms. The van der Waals surface area contributed by atoms with Gasteiger partial charge in [0, 0.05) is 18.4 Å². The van der Waals surface area contributed by atoms with Crippen LogP contribution in [-0.4, -0.2) is 26.1 Å². The van der Waals surface area contributed by atoms with Crippen LogP contribution in [-0.2, 0) is 16.8 Å². The molecular formula is C17H17N3O5. The Morgan fingerprint density at radius 3 is 2.52 bits per heavy atom. The molecule has 0 fully saturated rings. The normalized spacial score (nSPS) is 14.9. The fourth-order valence-corrected chi connectivity index (χ4v) is 2.94. The first-order valence-electron chi connectivity index (χ1n) is 7.74. The molecule has 130 valence electrons. The van der Waals surface area contributed by atoms with E-state index in [1.54, 1.807) is 39.0 Å². The van der Waals surface area contributed by atoms with Gasteiger partial charge in [-0.15, -0.1) is 0 Å². The number of fused-ring (bicyclic) bond motifs is 1. The smallest absolute Gasteiger partial charge is 0.342 e. The zero-order valence-electron chi connectivity index (χ0n) is 14.0.